The average molecular weight is 1300 g/mol. The number of nitrogens with one attached hydrogen (secondary N) is 1. The summed E-state index contributed by atoms with van der Waals surface area (Å²) >= 11 is 15.6. The Labute approximate surface area is 535 Å². The highest BCUT2D eigenvalue weighted by molar-refractivity contribution is 8.00. The fraction of sp³-hybridized carbons (Fsp3) is 0.194. The molecule has 0 bridgehead atoms. The molecule has 9 aromatic rings. The third kappa shape index (κ3) is 17.0. The number of hydrogen-bond acceptors (Lipinski definition) is 14. The molecular formula is C67H60Cl2F3N7O9S2. The minimum atomic E-state index is -4.81. The number of alkyl halides is 3. The lowest BCUT2D eigenvalue weighted by Gasteiger charge is -2.35. The van der Waals surface area contributed by atoms with E-state index in [1.54, 1.807) is 55.8 Å². The van der Waals surface area contributed by atoms with Crippen molar-refractivity contribution in [2.75, 3.05) is 32.3 Å². The van der Waals surface area contributed by atoms with Crippen LogP contribution in [0.4, 0.5) is 23.8 Å². The summed E-state index contributed by atoms with van der Waals surface area (Å²) in [5.41, 5.74) is 11.5. The number of nitrogens with two attached hydrogens (primary N) is 1. The van der Waals surface area contributed by atoms with E-state index in [0.717, 1.165) is 33.2 Å². The normalized spacial score (nSPS) is 16.2. The van der Waals surface area contributed by atoms with Crippen LogP contribution in [0.2, 0.25) is 10.0 Å². The van der Waals surface area contributed by atoms with Gasteiger partial charge >= 0.3 is 18.4 Å². The summed E-state index contributed by atoms with van der Waals surface area (Å²) in [6, 6.07) is 54.4. The lowest BCUT2D eigenvalue weighted by molar-refractivity contribution is -0.274. The van der Waals surface area contributed by atoms with Crippen molar-refractivity contribution >= 4 is 75.8 Å². The predicted molar refractivity (Wildman–Crippen MR) is 339 cm³/mol. The van der Waals surface area contributed by atoms with Crippen molar-refractivity contribution in [2.45, 2.75) is 61.7 Å². The fourth-order valence-electron chi connectivity index (χ4n) is 9.81. The first-order valence-electron chi connectivity index (χ1n) is 27.9. The van der Waals surface area contributed by atoms with Gasteiger partial charge in [0, 0.05) is 47.3 Å². The van der Waals surface area contributed by atoms with E-state index in [2.05, 4.69) is 20.0 Å². The molecule has 2 aliphatic heterocycles. The lowest BCUT2D eigenvalue weighted by atomic mass is 9.94. The summed E-state index contributed by atoms with van der Waals surface area (Å²) in [5, 5.41) is 3.69. The first-order valence-corrected chi connectivity index (χ1v) is 30.7. The van der Waals surface area contributed by atoms with Crippen LogP contribution in [0.1, 0.15) is 66.4 Å². The van der Waals surface area contributed by atoms with Gasteiger partial charge in [0.15, 0.2) is 4.34 Å². The molecule has 0 radical (unpaired) electrons. The summed E-state index contributed by atoms with van der Waals surface area (Å²) in [4.78, 5) is 63.4. The molecule has 16 nitrogen and oxygen atoms in total. The Morgan fingerprint density at radius 2 is 1.44 bits per heavy atom. The Morgan fingerprint density at radius 3 is 2.02 bits per heavy atom. The molecule has 7 aromatic carbocycles. The van der Waals surface area contributed by atoms with Gasteiger partial charge in [-0.1, -0.05) is 187 Å². The van der Waals surface area contributed by atoms with Crippen molar-refractivity contribution in [1.82, 2.24) is 29.7 Å². The van der Waals surface area contributed by atoms with E-state index >= 15 is 0 Å². The van der Waals surface area contributed by atoms with E-state index in [1.165, 1.54) is 47.2 Å². The van der Waals surface area contributed by atoms with Crippen LogP contribution in [0.3, 0.4) is 0 Å². The predicted octanol–water partition coefficient (Wildman–Crippen LogP) is 14.4. The molecule has 2 aliphatic rings. The second kappa shape index (κ2) is 30.5. The van der Waals surface area contributed by atoms with Gasteiger partial charge in [-0.15, -0.1) is 24.5 Å². The molecule has 11 rings (SSSR count). The van der Waals surface area contributed by atoms with Crippen molar-refractivity contribution in [2.24, 2.45) is 0 Å². The number of para-hydroxylation sites is 1. The van der Waals surface area contributed by atoms with Gasteiger partial charge in [-0.3, -0.25) is 14.5 Å². The molecule has 0 spiro atoms. The van der Waals surface area contributed by atoms with Crippen molar-refractivity contribution in [1.29, 1.82) is 0 Å². The van der Waals surface area contributed by atoms with Crippen LogP contribution in [0.5, 0.6) is 11.5 Å². The number of nitrogens with zero attached hydrogens (tertiary/aromatic N) is 5. The van der Waals surface area contributed by atoms with Crippen molar-refractivity contribution < 1.29 is 56.0 Å². The number of thioether (sulfide) groups is 1. The number of hydrogen-bond donors (Lipinski definition) is 2. The second-order valence-electron chi connectivity index (χ2n) is 20.3. The monoisotopic (exact) mass is 1300 g/mol. The van der Waals surface area contributed by atoms with Gasteiger partial charge in [-0.25, -0.2) is 19.6 Å². The summed E-state index contributed by atoms with van der Waals surface area (Å²) in [7, 11) is 1.22. The molecule has 3 atom stereocenters. The van der Waals surface area contributed by atoms with Crippen molar-refractivity contribution in [3.63, 3.8) is 0 Å². The van der Waals surface area contributed by atoms with Gasteiger partial charge in [0.2, 0.25) is 11.6 Å². The number of carbonyl (C=O) groups excluding carboxylic acids is 4. The summed E-state index contributed by atoms with van der Waals surface area (Å²) in [5.74, 6) is -1.61. The number of rotatable bonds is 19. The molecule has 464 valence electrons. The maximum absolute atomic E-state index is 14.1. The maximum Gasteiger partial charge on any atom is 0.573 e. The Bertz CT molecular complexity index is 3870. The molecule has 4 heterocycles. The number of aromatic nitrogens is 3. The molecule has 0 aliphatic carbocycles. The standard InChI is InChI=1S/C35H31Cl2N3O4.C21H19F3N2O4.C11H10N2OS2/c36-28-15-16-31(32(37)19-28)35(24-39-18-17-38-25-39)43-23-29(44-35)22-42-33-14-8-7-13-30(33)34(41)40(20-26-9-3-1-4-10-26)21-27-11-5-2-6-12-27;1-13-17(19(27)29-2)18(15-8-10-16(11-9-15)30-21(22,23)24)25-20(28)26(13)12-14-6-4-3-5-7-14;1-15-11-13-10(12)9(16-11)8(14)7-5-3-2-4-6-7/h1-19,25,29H,20-24H2;3-11,18H,12H2,1-2H3,(H,25,28);2-6H,12H2,1H3/t29-,35-;;/m1../s1. The SMILES string of the molecule is COC(=O)C1=C(C)N(Cc2ccccc2)C(=O)NC1c1ccc(OC(F)(F)F)cc1.CSc1nc(N)c(C(=O)c2ccccc2)s1.O=C(c1ccccc1OC[C@@H]1CO[C@@](Cn2ccnc2)(c2ccc(Cl)cc2Cl)O1)N(Cc1ccccc1)Cc1ccccc1. The Balaban J connectivity index is 0.000000179. The van der Waals surface area contributed by atoms with Gasteiger partial charge in [-0.2, -0.15) is 0 Å². The highest BCUT2D eigenvalue weighted by atomic mass is 35.5. The number of carbonyl (C=O) groups is 4. The number of urea groups is 1. The highest BCUT2D eigenvalue weighted by Gasteiger charge is 2.46. The Morgan fingerprint density at radius 1 is 0.833 bits per heavy atom. The van der Waals surface area contributed by atoms with Crippen LogP contribution in [0.25, 0.3) is 0 Å². The number of halogens is 5. The molecular weight excluding hydrogens is 1240 g/mol. The van der Waals surface area contributed by atoms with Crippen LogP contribution in [0, 0.1) is 0 Å². The minimum Gasteiger partial charge on any atom is -0.490 e. The number of esters is 1. The third-order valence-electron chi connectivity index (χ3n) is 14.1. The van der Waals surface area contributed by atoms with E-state index in [4.69, 9.17) is 47.9 Å². The quantitative estimate of drug-likeness (QED) is 0.0442. The highest BCUT2D eigenvalue weighted by Crippen LogP contribution is 2.41. The Kier molecular flexibility index (Phi) is 22.2. The van der Waals surface area contributed by atoms with Crippen LogP contribution in [-0.4, -0.2) is 87.1 Å². The topological polar surface area (TPSA) is 190 Å². The van der Waals surface area contributed by atoms with E-state index in [9.17, 15) is 32.3 Å². The van der Waals surface area contributed by atoms with E-state index < -0.39 is 42.0 Å². The van der Waals surface area contributed by atoms with E-state index in [-0.39, 0.29) is 37.0 Å². The molecule has 23 heteroatoms. The molecule has 90 heavy (non-hydrogen) atoms. The fourth-order valence-corrected chi connectivity index (χ4v) is 11.8. The number of anilines is 1. The number of allylic oxidation sites excluding steroid dienone is 1. The number of methoxy groups -OCH3 is 1. The number of nitrogen functional groups attached to an aromatic ring is 1. The molecule has 3 amide bonds. The second-order valence-corrected chi connectivity index (χ2v) is 23.2. The Hall–Kier alpha value is -8.96. The zero-order valence-electron chi connectivity index (χ0n) is 48.7. The zero-order valence-corrected chi connectivity index (χ0v) is 51.9. The van der Waals surface area contributed by atoms with Crippen molar-refractivity contribution in [3.05, 3.63) is 272 Å². The van der Waals surface area contributed by atoms with Gasteiger partial charge in [0.1, 0.15) is 34.9 Å². The first kappa shape index (κ1) is 65.5. The first-order chi connectivity index (χ1) is 43.4. The van der Waals surface area contributed by atoms with E-state index in [0.29, 0.717) is 74.1 Å². The number of thiazole rings is 1. The smallest absolute Gasteiger partial charge is 0.490 e. The molecule has 3 N–H and O–H groups in total. The number of amides is 3. The number of ketones is 1. The maximum atomic E-state index is 14.1. The average Bonchev–Trinajstić information content (AvgIpc) is 1.32. The summed E-state index contributed by atoms with van der Waals surface area (Å²) in [6.45, 7) is 3.54. The molecule has 1 unspecified atom stereocenters. The van der Waals surface area contributed by atoms with E-state index in [1.807, 2.05) is 149 Å². The van der Waals surface area contributed by atoms with Gasteiger partial charge < -0.3 is 44.2 Å². The summed E-state index contributed by atoms with van der Waals surface area (Å²) < 4.78 is 67.7. The van der Waals surface area contributed by atoms with Crippen LogP contribution in [0.15, 0.2) is 222 Å². The third-order valence-corrected chi connectivity index (χ3v) is 16.7. The number of benzene rings is 7. The molecule has 0 saturated carbocycles. The van der Waals surface area contributed by atoms with Crippen LogP contribution >= 0.6 is 46.3 Å². The molecule has 2 aromatic heterocycles. The largest absolute Gasteiger partial charge is 0.573 e. The summed E-state index contributed by atoms with van der Waals surface area (Å²) in [6.07, 6.45) is 1.89. The van der Waals surface area contributed by atoms with Gasteiger partial charge in [0.25, 0.3) is 5.91 Å². The minimum absolute atomic E-state index is 0.0594. The molecule has 1 fully saturated rings. The number of imidazole rings is 1. The van der Waals surface area contributed by atoms with Gasteiger partial charge in [0.05, 0.1) is 55.3 Å². The van der Waals surface area contributed by atoms with Crippen molar-refractivity contribution in [3.8, 4) is 11.5 Å². The number of ether oxygens (including phenoxy) is 5. The van der Waals surface area contributed by atoms with Gasteiger partial charge in [-0.05, 0) is 71.8 Å². The van der Waals surface area contributed by atoms with Crippen LogP contribution < -0.4 is 20.5 Å². The van der Waals surface area contributed by atoms with Crippen LogP contribution in [-0.2, 0) is 51.0 Å². The lowest BCUT2D eigenvalue weighted by Crippen LogP contribution is -2.47. The molecule has 1 saturated heterocycles. The zero-order chi connectivity index (χ0) is 63.8.